The molecule has 0 saturated heterocycles. The highest BCUT2D eigenvalue weighted by molar-refractivity contribution is 5.39. The fourth-order valence-electron chi connectivity index (χ4n) is 1.96. The van der Waals surface area contributed by atoms with Gasteiger partial charge in [0.2, 0.25) is 0 Å². The van der Waals surface area contributed by atoms with Crippen LogP contribution in [0.3, 0.4) is 0 Å². The summed E-state index contributed by atoms with van der Waals surface area (Å²) in [4.78, 5) is 4.29. The number of benzene rings is 1. The van der Waals surface area contributed by atoms with E-state index >= 15 is 0 Å². The van der Waals surface area contributed by atoms with E-state index in [1.165, 1.54) is 0 Å². The fraction of sp³-hybridized carbons (Fsp3) is 0.353. The van der Waals surface area contributed by atoms with Gasteiger partial charge in [-0.2, -0.15) is 0 Å². The molecule has 1 aromatic carbocycles. The molecule has 4 heteroatoms. The molecular formula is C17H22N2O2. The molecule has 0 radical (unpaired) electrons. The summed E-state index contributed by atoms with van der Waals surface area (Å²) in [6, 6.07) is 13.7. The Morgan fingerprint density at radius 1 is 0.952 bits per heavy atom. The Labute approximate surface area is 126 Å². The predicted octanol–water partition coefficient (Wildman–Crippen LogP) is 2.69. The van der Waals surface area contributed by atoms with Gasteiger partial charge in [-0.25, -0.2) is 0 Å². The Morgan fingerprint density at radius 3 is 2.43 bits per heavy atom. The number of aromatic nitrogens is 1. The maximum atomic E-state index is 5.74. The topological polar surface area (TPSA) is 43.4 Å². The third-order valence-electron chi connectivity index (χ3n) is 2.97. The molecule has 0 saturated carbocycles. The second kappa shape index (κ2) is 8.97. The van der Waals surface area contributed by atoms with E-state index in [9.17, 15) is 0 Å². The normalized spacial score (nSPS) is 10.3. The van der Waals surface area contributed by atoms with Crippen LogP contribution in [-0.4, -0.2) is 31.3 Å². The quantitative estimate of drug-likeness (QED) is 0.720. The zero-order valence-corrected chi connectivity index (χ0v) is 12.4. The summed E-state index contributed by atoms with van der Waals surface area (Å²) in [5.41, 5.74) is 1.10. The minimum Gasteiger partial charge on any atom is -0.490 e. The second-order valence-corrected chi connectivity index (χ2v) is 4.55. The van der Waals surface area contributed by atoms with Crippen LogP contribution in [-0.2, 0) is 6.42 Å². The Hall–Kier alpha value is -2.07. The average Bonchev–Trinajstić information content (AvgIpc) is 2.53. The van der Waals surface area contributed by atoms with Gasteiger partial charge in [0.1, 0.15) is 6.61 Å². The molecule has 1 N–H and O–H groups in total. The van der Waals surface area contributed by atoms with Gasteiger partial charge >= 0.3 is 0 Å². The van der Waals surface area contributed by atoms with E-state index in [1.807, 2.05) is 55.6 Å². The average molecular weight is 286 g/mol. The first kappa shape index (κ1) is 15.3. The number of para-hydroxylation sites is 2. The maximum absolute atomic E-state index is 5.74. The molecule has 0 aliphatic carbocycles. The van der Waals surface area contributed by atoms with Crippen LogP contribution in [0.25, 0.3) is 0 Å². The van der Waals surface area contributed by atoms with E-state index in [4.69, 9.17) is 9.47 Å². The Kier molecular flexibility index (Phi) is 6.55. The summed E-state index contributed by atoms with van der Waals surface area (Å²) in [6.07, 6.45) is 2.75. The second-order valence-electron chi connectivity index (χ2n) is 4.55. The van der Waals surface area contributed by atoms with Crippen LogP contribution in [0.4, 0.5) is 0 Å². The molecule has 2 rings (SSSR count). The molecule has 0 bridgehead atoms. The maximum Gasteiger partial charge on any atom is 0.161 e. The van der Waals surface area contributed by atoms with Gasteiger partial charge in [0.15, 0.2) is 11.5 Å². The number of rotatable bonds is 9. The van der Waals surface area contributed by atoms with Crippen LogP contribution >= 0.6 is 0 Å². The molecular weight excluding hydrogens is 264 g/mol. The molecule has 21 heavy (non-hydrogen) atoms. The molecule has 1 heterocycles. The highest BCUT2D eigenvalue weighted by Gasteiger charge is 2.02. The van der Waals surface area contributed by atoms with E-state index in [0.717, 1.165) is 36.7 Å². The standard InChI is InChI=1S/C17H22N2O2/c1-2-20-16-8-3-4-9-17(16)21-14-13-18-12-10-15-7-5-6-11-19-15/h3-9,11,18H,2,10,12-14H2,1H3. The highest BCUT2D eigenvalue weighted by atomic mass is 16.5. The smallest absolute Gasteiger partial charge is 0.161 e. The van der Waals surface area contributed by atoms with Gasteiger partial charge in [0, 0.05) is 31.4 Å². The first-order valence-corrected chi connectivity index (χ1v) is 7.35. The van der Waals surface area contributed by atoms with Crippen molar-refractivity contribution in [3.05, 3.63) is 54.4 Å². The summed E-state index contributed by atoms with van der Waals surface area (Å²) >= 11 is 0. The van der Waals surface area contributed by atoms with Crippen molar-refractivity contribution in [3.8, 4) is 11.5 Å². The van der Waals surface area contributed by atoms with Crippen LogP contribution in [0.5, 0.6) is 11.5 Å². The largest absolute Gasteiger partial charge is 0.490 e. The van der Waals surface area contributed by atoms with Crippen LogP contribution in [0.1, 0.15) is 12.6 Å². The predicted molar refractivity (Wildman–Crippen MR) is 83.9 cm³/mol. The molecule has 0 aliphatic heterocycles. The van der Waals surface area contributed by atoms with Gasteiger partial charge in [-0.3, -0.25) is 4.98 Å². The van der Waals surface area contributed by atoms with Gasteiger partial charge in [0.25, 0.3) is 0 Å². The third kappa shape index (κ3) is 5.44. The molecule has 2 aromatic rings. The summed E-state index contributed by atoms with van der Waals surface area (Å²) < 4.78 is 11.3. The van der Waals surface area contributed by atoms with Gasteiger partial charge in [-0.1, -0.05) is 18.2 Å². The van der Waals surface area contributed by atoms with E-state index in [2.05, 4.69) is 10.3 Å². The first-order chi connectivity index (χ1) is 10.4. The minimum atomic E-state index is 0.617. The molecule has 4 nitrogen and oxygen atoms in total. The van der Waals surface area contributed by atoms with Crippen LogP contribution in [0, 0.1) is 0 Å². The van der Waals surface area contributed by atoms with Crippen LogP contribution in [0.15, 0.2) is 48.7 Å². The molecule has 0 spiro atoms. The number of hydrogen-bond donors (Lipinski definition) is 1. The highest BCUT2D eigenvalue weighted by Crippen LogP contribution is 2.25. The molecule has 0 amide bonds. The molecule has 0 aliphatic rings. The number of ether oxygens (including phenoxy) is 2. The minimum absolute atomic E-state index is 0.617. The van der Waals surface area contributed by atoms with Crippen molar-refractivity contribution >= 4 is 0 Å². The van der Waals surface area contributed by atoms with Crippen molar-refractivity contribution in [2.75, 3.05) is 26.3 Å². The van der Waals surface area contributed by atoms with Crippen molar-refractivity contribution in [3.63, 3.8) is 0 Å². The summed E-state index contributed by atoms with van der Waals surface area (Å²) in [6.45, 7) is 4.92. The summed E-state index contributed by atoms with van der Waals surface area (Å²) in [7, 11) is 0. The van der Waals surface area contributed by atoms with Gasteiger partial charge < -0.3 is 14.8 Å². The van der Waals surface area contributed by atoms with E-state index in [-0.39, 0.29) is 0 Å². The molecule has 1 aromatic heterocycles. The van der Waals surface area contributed by atoms with E-state index < -0.39 is 0 Å². The van der Waals surface area contributed by atoms with Crippen molar-refractivity contribution in [1.29, 1.82) is 0 Å². The van der Waals surface area contributed by atoms with Crippen LogP contribution in [0.2, 0.25) is 0 Å². The third-order valence-corrected chi connectivity index (χ3v) is 2.97. The lowest BCUT2D eigenvalue weighted by atomic mass is 10.3. The number of nitrogens with one attached hydrogen (secondary N) is 1. The Balaban J connectivity index is 1.64. The molecule has 0 atom stereocenters. The Morgan fingerprint density at radius 2 is 1.71 bits per heavy atom. The van der Waals surface area contributed by atoms with E-state index in [1.54, 1.807) is 0 Å². The zero-order valence-electron chi connectivity index (χ0n) is 12.4. The lowest BCUT2D eigenvalue weighted by Crippen LogP contribution is -2.23. The number of hydrogen-bond acceptors (Lipinski definition) is 4. The number of nitrogens with zero attached hydrogens (tertiary/aromatic N) is 1. The lowest BCUT2D eigenvalue weighted by molar-refractivity contribution is 0.276. The fourth-order valence-corrected chi connectivity index (χ4v) is 1.96. The van der Waals surface area contributed by atoms with Crippen molar-refractivity contribution in [1.82, 2.24) is 10.3 Å². The first-order valence-electron chi connectivity index (χ1n) is 7.35. The van der Waals surface area contributed by atoms with Gasteiger partial charge in [-0.05, 0) is 31.2 Å². The van der Waals surface area contributed by atoms with Crippen molar-refractivity contribution in [2.45, 2.75) is 13.3 Å². The molecule has 0 unspecified atom stereocenters. The molecule has 112 valence electrons. The lowest BCUT2D eigenvalue weighted by Gasteiger charge is -2.11. The molecule has 0 fully saturated rings. The zero-order chi connectivity index (χ0) is 14.8. The van der Waals surface area contributed by atoms with Crippen molar-refractivity contribution < 1.29 is 9.47 Å². The number of pyridine rings is 1. The van der Waals surface area contributed by atoms with E-state index in [0.29, 0.717) is 13.2 Å². The summed E-state index contributed by atoms with van der Waals surface area (Å²) in [5, 5.41) is 3.35. The van der Waals surface area contributed by atoms with Gasteiger partial charge in [-0.15, -0.1) is 0 Å². The SMILES string of the molecule is CCOc1ccccc1OCCNCCc1ccccn1. The Bertz CT molecular complexity index is 517. The van der Waals surface area contributed by atoms with Crippen molar-refractivity contribution in [2.24, 2.45) is 0 Å². The summed E-state index contributed by atoms with van der Waals surface area (Å²) in [5.74, 6) is 1.60. The van der Waals surface area contributed by atoms with Crippen LogP contribution < -0.4 is 14.8 Å². The van der Waals surface area contributed by atoms with Gasteiger partial charge in [0.05, 0.1) is 6.61 Å². The monoisotopic (exact) mass is 286 g/mol.